The number of nitrogens with one attached hydrogen (secondary N) is 1. The summed E-state index contributed by atoms with van der Waals surface area (Å²) in [6.45, 7) is 0.530. The topological polar surface area (TPSA) is 64.4 Å². The van der Waals surface area contributed by atoms with Gasteiger partial charge in [-0.25, -0.2) is 4.98 Å². The lowest BCUT2D eigenvalue weighted by Gasteiger charge is -2.01. The highest BCUT2D eigenvalue weighted by Crippen LogP contribution is 2.26. The molecule has 5 nitrogen and oxygen atoms in total. The number of amides is 1. The van der Waals surface area contributed by atoms with Gasteiger partial charge in [-0.2, -0.15) is 0 Å². The third-order valence-corrected chi connectivity index (χ3v) is 4.43. The van der Waals surface area contributed by atoms with Gasteiger partial charge in [0.05, 0.1) is 19.1 Å². The average Bonchev–Trinajstić information content (AvgIpc) is 3.32. The highest BCUT2D eigenvalue weighted by Gasteiger charge is 2.06. The Morgan fingerprint density at radius 1 is 1.36 bits per heavy atom. The van der Waals surface area contributed by atoms with E-state index >= 15 is 0 Å². The number of ether oxygens (including phenoxy) is 1. The molecule has 0 aliphatic rings. The first-order valence-electron chi connectivity index (χ1n) is 7.83. The molecule has 1 amide bonds. The number of aromatic nitrogens is 1. The van der Waals surface area contributed by atoms with Gasteiger partial charge in [0.1, 0.15) is 16.5 Å². The van der Waals surface area contributed by atoms with Crippen molar-refractivity contribution < 1.29 is 13.9 Å². The lowest BCUT2D eigenvalue weighted by molar-refractivity contribution is -0.116. The third kappa shape index (κ3) is 4.81. The third-order valence-electron chi connectivity index (χ3n) is 3.49. The van der Waals surface area contributed by atoms with E-state index in [1.807, 2.05) is 29.6 Å². The molecule has 0 fully saturated rings. The zero-order valence-electron chi connectivity index (χ0n) is 13.8. The molecule has 0 bridgehead atoms. The highest BCUT2D eigenvalue weighted by atomic mass is 32.1. The van der Waals surface area contributed by atoms with Crippen molar-refractivity contribution in [3.8, 4) is 16.3 Å². The quantitative estimate of drug-likeness (QED) is 0.656. The molecule has 0 atom stereocenters. The number of furan rings is 1. The number of rotatable bonds is 7. The second kappa shape index (κ2) is 8.30. The molecule has 0 aliphatic carbocycles. The molecule has 2 aromatic heterocycles. The maximum absolute atomic E-state index is 11.8. The summed E-state index contributed by atoms with van der Waals surface area (Å²) in [6, 6.07) is 11.4. The summed E-state index contributed by atoms with van der Waals surface area (Å²) >= 11 is 1.58. The van der Waals surface area contributed by atoms with Crippen molar-refractivity contribution in [3.05, 3.63) is 65.6 Å². The first kappa shape index (κ1) is 17.0. The number of carbonyl (C=O) groups excluding carboxylic acids is 1. The van der Waals surface area contributed by atoms with Crippen LogP contribution in [0.1, 0.15) is 11.5 Å². The van der Waals surface area contributed by atoms with E-state index in [4.69, 9.17) is 9.15 Å². The Balaban J connectivity index is 1.51. The van der Waals surface area contributed by atoms with Gasteiger partial charge in [0.25, 0.3) is 0 Å². The summed E-state index contributed by atoms with van der Waals surface area (Å²) in [5.41, 5.74) is 1.99. The second-order valence-electron chi connectivity index (χ2n) is 5.27. The maximum atomic E-state index is 11.8. The first-order valence-corrected chi connectivity index (χ1v) is 8.71. The van der Waals surface area contributed by atoms with Gasteiger partial charge in [-0.15, -0.1) is 11.3 Å². The zero-order valence-corrected chi connectivity index (χ0v) is 14.6. The van der Waals surface area contributed by atoms with Crippen molar-refractivity contribution in [2.75, 3.05) is 13.7 Å². The molecule has 1 N–H and O–H groups in total. The summed E-state index contributed by atoms with van der Waals surface area (Å²) in [6.07, 6.45) is 5.35. The molecular formula is C19H18N2O3S. The van der Waals surface area contributed by atoms with E-state index < -0.39 is 0 Å². The SMILES string of the molecule is COc1cccc(-c2nc(CCNC(=O)C=Cc3ccco3)cs2)c1. The molecule has 0 saturated heterocycles. The summed E-state index contributed by atoms with van der Waals surface area (Å²) in [5, 5.41) is 5.79. The predicted octanol–water partition coefficient (Wildman–Crippen LogP) is 3.78. The summed E-state index contributed by atoms with van der Waals surface area (Å²) in [5.74, 6) is 1.31. The number of hydrogen-bond donors (Lipinski definition) is 1. The van der Waals surface area contributed by atoms with Crippen molar-refractivity contribution in [2.45, 2.75) is 6.42 Å². The second-order valence-corrected chi connectivity index (χ2v) is 6.12. The van der Waals surface area contributed by atoms with Gasteiger partial charge in [0.2, 0.25) is 5.91 Å². The molecule has 3 aromatic rings. The van der Waals surface area contributed by atoms with Crippen molar-refractivity contribution in [3.63, 3.8) is 0 Å². The van der Waals surface area contributed by atoms with Crippen LogP contribution in [0.3, 0.4) is 0 Å². The minimum absolute atomic E-state index is 0.153. The summed E-state index contributed by atoms with van der Waals surface area (Å²) in [4.78, 5) is 16.4. The smallest absolute Gasteiger partial charge is 0.244 e. The molecule has 0 radical (unpaired) electrons. The molecule has 25 heavy (non-hydrogen) atoms. The van der Waals surface area contributed by atoms with Gasteiger partial charge in [0.15, 0.2) is 0 Å². The van der Waals surface area contributed by atoms with Gasteiger partial charge in [-0.1, -0.05) is 12.1 Å². The fourth-order valence-corrected chi connectivity index (χ4v) is 3.08. The van der Waals surface area contributed by atoms with Gasteiger partial charge in [-0.05, 0) is 30.3 Å². The monoisotopic (exact) mass is 354 g/mol. The first-order chi connectivity index (χ1) is 12.2. The van der Waals surface area contributed by atoms with Crippen molar-refractivity contribution in [1.82, 2.24) is 10.3 Å². The molecule has 0 spiro atoms. The molecule has 2 heterocycles. The van der Waals surface area contributed by atoms with E-state index in [1.165, 1.54) is 6.08 Å². The Labute approximate surface area is 150 Å². The van der Waals surface area contributed by atoms with E-state index in [1.54, 1.807) is 42.9 Å². The van der Waals surface area contributed by atoms with Crippen molar-refractivity contribution in [2.24, 2.45) is 0 Å². The lowest BCUT2D eigenvalue weighted by atomic mass is 10.2. The fraction of sp³-hybridized carbons (Fsp3) is 0.158. The molecule has 0 unspecified atom stereocenters. The van der Waals surface area contributed by atoms with E-state index in [9.17, 15) is 4.79 Å². The number of carbonyl (C=O) groups is 1. The van der Waals surface area contributed by atoms with Crippen LogP contribution in [0.4, 0.5) is 0 Å². The number of methoxy groups -OCH3 is 1. The van der Waals surface area contributed by atoms with Crippen LogP contribution in [0, 0.1) is 0 Å². The standard InChI is InChI=1S/C19H18N2O3S/c1-23-17-5-2-4-14(12-17)19-21-15(13-25-19)9-10-20-18(22)8-7-16-6-3-11-24-16/h2-8,11-13H,9-10H2,1H3,(H,20,22). The normalized spacial score (nSPS) is 10.9. The largest absolute Gasteiger partial charge is 0.497 e. The van der Waals surface area contributed by atoms with Crippen LogP contribution >= 0.6 is 11.3 Å². The number of thiazole rings is 1. The van der Waals surface area contributed by atoms with E-state index in [0.29, 0.717) is 18.7 Å². The molecule has 1 aromatic carbocycles. The van der Waals surface area contributed by atoms with Gasteiger partial charge in [-0.3, -0.25) is 4.79 Å². The van der Waals surface area contributed by atoms with Crippen LogP contribution in [-0.4, -0.2) is 24.5 Å². The molecular weight excluding hydrogens is 336 g/mol. The van der Waals surface area contributed by atoms with Crippen LogP contribution in [0.5, 0.6) is 5.75 Å². The fourth-order valence-electron chi connectivity index (χ4n) is 2.23. The number of benzene rings is 1. The highest BCUT2D eigenvalue weighted by molar-refractivity contribution is 7.13. The number of nitrogens with zero attached hydrogens (tertiary/aromatic N) is 1. The van der Waals surface area contributed by atoms with E-state index in [-0.39, 0.29) is 5.91 Å². The Kier molecular flexibility index (Phi) is 5.64. The molecule has 3 rings (SSSR count). The molecule has 0 saturated carbocycles. The van der Waals surface area contributed by atoms with Gasteiger partial charge >= 0.3 is 0 Å². The van der Waals surface area contributed by atoms with Gasteiger partial charge < -0.3 is 14.5 Å². The van der Waals surface area contributed by atoms with Crippen LogP contribution in [0.2, 0.25) is 0 Å². The lowest BCUT2D eigenvalue weighted by Crippen LogP contribution is -2.23. The summed E-state index contributed by atoms with van der Waals surface area (Å²) < 4.78 is 10.4. The van der Waals surface area contributed by atoms with E-state index in [2.05, 4.69) is 10.3 Å². The van der Waals surface area contributed by atoms with Crippen LogP contribution < -0.4 is 10.1 Å². The van der Waals surface area contributed by atoms with Crippen LogP contribution in [0.15, 0.2) is 58.5 Å². The Morgan fingerprint density at radius 3 is 3.08 bits per heavy atom. The van der Waals surface area contributed by atoms with E-state index in [0.717, 1.165) is 22.0 Å². The number of hydrogen-bond acceptors (Lipinski definition) is 5. The Morgan fingerprint density at radius 2 is 2.28 bits per heavy atom. The Bertz CT molecular complexity index is 853. The molecule has 0 aliphatic heterocycles. The van der Waals surface area contributed by atoms with Crippen LogP contribution in [-0.2, 0) is 11.2 Å². The Hall–Kier alpha value is -2.86. The van der Waals surface area contributed by atoms with Crippen molar-refractivity contribution >= 4 is 23.3 Å². The van der Waals surface area contributed by atoms with Gasteiger partial charge in [0, 0.05) is 30.0 Å². The maximum Gasteiger partial charge on any atom is 0.244 e. The molecule has 128 valence electrons. The zero-order chi connectivity index (χ0) is 17.5. The average molecular weight is 354 g/mol. The minimum atomic E-state index is -0.153. The molecule has 6 heteroatoms. The minimum Gasteiger partial charge on any atom is -0.497 e. The predicted molar refractivity (Wildman–Crippen MR) is 98.6 cm³/mol. The summed E-state index contributed by atoms with van der Waals surface area (Å²) in [7, 11) is 1.65. The van der Waals surface area contributed by atoms with Crippen molar-refractivity contribution in [1.29, 1.82) is 0 Å². The van der Waals surface area contributed by atoms with Crippen LogP contribution in [0.25, 0.3) is 16.6 Å².